The first-order chi connectivity index (χ1) is 18.7. The van der Waals surface area contributed by atoms with Gasteiger partial charge in [0.15, 0.2) is 11.5 Å². The molecule has 0 aliphatic heterocycles. The minimum absolute atomic E-state index is 0.0611. The van der Waals surface area contributed by atoms with Crippen molar-refractivity contribution in [2.75, 3.05) is 6.61 Å². The maximum Gasteiger partial charge on any atom is 0.338 e. The Morgan fingerprint density at radius 2 is 1.38 bits per heavy atom. The van der Waals surface area contributed by atoms with Gasteiger partial charge in [-0.1, -0.05) is 38.1 Å². The summed E-state index contributed by atoms with van der Waals surface area (Å²) in [5.74, 6) is -2.00. The number of esters is 4. The maximum absolute atomic E-state index is 12.8. The van der Waals surface area contributed by atoms with E-state index in [1.54, 1.807) is 71.0 Å². The van der Waals surface area contributed by atoms with Crippen molar-refractivity contribution in [3.8, 4) is 11.5 Å². The van der Waals surface area contributed by atoms with Crippen LogP contribution in [0.3, 0.4) is 0 Å². The summed E-state index contributed by atoms with van der Waals surface area (Å²) in [4.78, 5) is 50.3. The highest BCUT2D eigenvalue weighted by atomic mass is 16.6. The van der Waals surface area contributed by atoms with Crippen LogP contribution in [-0.4, -0.2) is 42.6 Å². The summed E-state index contributed by atoms with van der Waals surface area (Å²) in [5, 5.41) is 0. The quantitative estimate of drug-likeness (QED) is 0.267. The number of carbonyl (C=O) groups is 4. The zero-order chi connectivity index (χ0) is 30.1. The highest BCUT2D eigenvalue weighted by Crippen LogP contribution is 2.34. The molecule has 2 N–H and O–H groups in total. The molecular formula is C31H41NO8. The van der Waals surface area contributed by atoms with Gasteiger partial charge in [0.25, 0.3) is 0 Å². The average molecular weight is 556 g/mol. The Balaban J connectivity index is 2.11. The second-order valence-electron chi connectivity index (χ2n) is 11.1. The Morgan fingerprint density at radius 1 is 0.825 bits per heavy atom. The number of hydrogen-bond acceptors (Lipinski definition) is 9. The van der Waals surface area contributed by atoms with Gasteiger partial charge in [0.05, 0.1) is 16.4 Å². The van der Waals surface area contributed by atoms with Crippen molar-refractivity contribution in [2.24, 2.45) is 16.6 Å². The zero-order valence-electron chi connectivity index (χ0n) is 24.4. The van der Waals surface area contributed by atoms with Crippen LogP contribution in [0.15, 0.2) is 48.5 Å². The second kappa shape index (κ2) is 14.1. The average Bonchev–Trinajstić information content (AvgIpc) is 2.93. The molecule has 2 aromatic carbocycles. The minimum atomic E-state index is -1.05. The van der Waals surface area contributed by atoms with E-state index in [9.17, 15) is 19.2 Å². The fourth-order valence-electron chi connectivity index (χ4n) is 3.12. The Hall–Kier alpha value is -3.72. The molecule has 0 fully saturated rings. The molecular weight excluding hydrogens is 514 g/mol. The third-order valence-electron chi connectivity index (χ3n) is 6.82. The molecule has 0 saturated heterocycles. The summed E-state index contributed by atoms with van der Waals surface area (Å²) in [6.07, 6.45) is 0.441. The summed E-state index contributed by atoms with van der Waals surface area (Å²) >= 11 is 0. The number of hydrogen-bond donors (Lipinski definition) is 1. The zero-order valence-corrected chi connectivity index (χ0v) is 24.4. The van der Waals surface area contributed by atoms with Crippen LogP contribution in [0.5, 0.6) is 11.5 Å². The summed E-state index contributed by atoms with van der Waals surface area (Å²) in [6.45, 7) is 12.3. The van der Waals surface area contributed by atoms with Crippen molar-refractivity contribution < 1.29 is 38.1 Å². The highest BCUT2D eigenvalue weighted by molar-refractivity contribution is 5.89. The molecule has 0 unspecified atom stereocenters. The lowest BCUT2D eigenvalue weighted by atomic mass is 9.90. The van der Waals surface area contributed by atoms with Crippen LogP contribution in [0.2, 0.25) is 0 Å². The van der Waals surface area contributed by atoms with E-state index in [1.165, 1.54) is 12.1 Å². The third kappa shape index (κ3) is 9.19. The maximum atomic E-state index is 12.8. The standard InChI is InChI=1S/C31H41NO8/c1-8-30(4,5)28(35)39-24-16-15-21(18-25(24)40-29(36)31(6,7)9-2)17-23(32)27(34)38-20(3)19-37-26(33)22-13-11-10-12-14-22/h10-16,18,20,23H,8-9,17,19,32H2,1-7H3/t20-,23-/m0/s1. The van der Waals surface area contributed by atoms with Crippen molar-refractivity contribution in [3.05, 3.63) is 59.7 Å². The molecule has 0 saturated carbocycles. The molecule has 2 rings (SSSR count). The van der Waals surface area contributed by atoms with Crippen LogP contribution in [-0.2, 0) is 30.3 Å². The van der Waals surface area contributed by atoms with Gasteiger partial charge in [0.2, 0.25) is 0 Å². The smallest absolute Gasteiger partial charge is 0.338 e. The van der Waals surface area contributed by atoms with E-state index in [0.717, 1.165) is 0 Å². The van der Waals surface area contributed by atoms with Crippen LogP contribution in [0.4, 0.5) is 0 Å². The highest BCUT2D eigenvalue weighted by Gasteiger charge is 2.31. The number of carbonyl (C=O) groups excluding carboxylic acids is 4. The van der Waals surface area contributed by atoms with E-state index in [2.05, 4.69) is 0 Å². The van der Waals surface area contributed by atoms with E-state index < -0.39 is 46.9 Å². The van der Waals surface area contributed by atoms with Crippen LogP contribution >= 0.6 is 0 Å². The van der Waals surface area contributed by atoms with Gasteiger partial charge in [-0.15, -0.1) is 0 Å². The predicted molar refractivity (Wildman–Crippen MR) is 150 cm³/mol. The van der Waals surface area contributed by atoms with Crippen LogP contribution in [0, 0.1) is 10.8 Å². The molecule has 0 bridgehead atoms. The molecule has 0 amide bonds. The van der Waals surface area contributed by atoms with Gasteiger partial charge in [-0.2, -0.15) is 0 Å². The van der Waals surface area contributed by atoms with Crippen molar-refractivity contribution in [1.82, 2.24) is 0 Å². The second-order valence-corrected chi connectivity index (χ2v) is 11.1. The van der Waals surface area contributed by atoms with Gasteiger partial charge in [-0.05, 0) is 83.7 Å². The van der Waals surface area contributed by atoms with Crippen LogP contribution in [0.25, 0.3) is 0 Å². The van der Waals surface area contributed by atoms with Crippen LogP contribution < -0.4 is 15.2 Å². The van der Waals surface area contributed by atoms with Crippen molar-refractivity contribution >= 4 is 23.9 Å². The molecule has 40 heavy (non-hydrogen) atoms. The molecule has 0 aliphatic rings. The first kappa shape index (κ1) is 32.5. The first-order valence-corrected chi connectivity index (χ1v) is 13.5. The summed E-state index contributed by atoms with van der Waals surface area (Å²) in [7, 11) is 0. The molecule has 2 atom stereocenters. The Labute approximate surface area is 236 Å². The largest absolute Gasteiger partial charge is 0.458 e. The predicted octanol–water partition coefficient (Wildman–Crippen LogP) is 5.03. The van der Waals surface area contributed by atoms with E-state index >= 15 is 0 Å². The lowest BCUT2D eigenvalue weighted by Gasteiger charge is -2.23. The SMILES string of the molecule is CCC(C)(C)C(=O)Oc1ccc(C[C@H](N)C(=O)O[C@@H](C)COC(=O)c2ccccc2)cc1OC(=O)C(C)(C)CC. The molecule has 0 radical (unpaired) electrons. The molecule has 9 heteroatoms. The molecule has 2 aromatic rings. The van der Waals surface area contributed by atoms with E-state index in [0.29, 0.717) is 24.0 Å². The van der Waals surface area contributed by atoms with Crippen molar-refractivity contribution in [3.63, 3.8) is 0 Å². The van der Waals surface area contributed by atoms with E-state index in [1.807, 2.05) is 13.8 Å². The fourth-order valence-corrected chi connectivity index (χ4v) is 3.12. The molecule has 218 valence electrons. The lowest BCUT2D eigenvalue weighted by Crippen LogP contribution is -2.37. The first-order valence-electron chi connectivity index (χ1n) is 13.5. The number of rotatable bonds is 13. The molecule has 0 heterocycles. The topological polar surface area (TPSA) is 131 Å². The minimum Gasteiger partial charge on any atom is -0.458 e. The van der Waals surface area contributed by atoms with Crippen molar-refractivity contribution in [1.29, 1.82) is 0 Å². The van der Waals surface area contributed by atoms with Gasteiger partial charge in [-0.3, -0.25) is 14.4 Å². The van der Waals surface area contributed by atoms with E-state index in [-0.39, 0.29) is 24.5 Å². The molecule has 0 aromatic heterocycles. The molecule has 0 aliphatic carbocycles. The summed E-state index contributed by atoms with van der Waals surface area (Å²) < 4.78 is 21.8. The Kier molecular flexibility index (Phi) is 11.4. The van der Waals surface area contributed by atoms with E-state index in [4.69, 9.17) is 24.7 Å². The van der Waals surface area contributed by atoms with Crippen molar-refractivity contribution in [2.45, 2.75) is 79.9 Å². The Morgan fingerprint density at radius 3 is 1.93 bits per heavy atom. The lowest BCUT2D eigenvalue weighted by molar-refractivity contribution is -0.151. The molecule has 9 nitrogen and oxygen atoms in total. The fraction of sp³-hybridized carbons (Fsp3) is 0.484. The summed E-state index contributed by atoms with van der Waals surface area (Å²) in [6, 6.07) is 12.1. The van der Waals surface area contributed by atoms with Gasteiger partial charge in [-0.25, -0.2) is 4.79 Å². The van der Waals surface area contributed by atoms with Gasteiger partial charge < -0.3 is 24.7 Å². The van der Waals surface area contributed by atoms with Crippen LogP contribution in [0.1, 0.15) is 77.2 Å². The Bertz CT molecular complexity index is 1190. The monoisotopic (exact) mass is 555 g/mol. The number of benzene rings is 2. The molecule has 0 spiro atoms. The summed E-state index contributed by atoms with van der Waals surface area (Å²) in [5.41, 5.74) is 5.57. The third-order valence-corrected chi connectivity index (χ3v) is 6.82. The number of ether oxygens (including phenoxy) is 4. The normalized spacial score (nSPS) is 13.1. The van der Waals surface area contributed by atoms with Gasteiger partial charge in [0.1, 0.15) is 18.8 Å². The van der Waals surface area contributed by atoms with Gasteiger partial charge >= 0.3 is 23.9 Å². The van der Waals surface area contributed by atoms with Gasteiger partial charge in [0, 0.05) is 0 Å². The number of nitrogens with two attached hydrogens (primary N) is 1.